The Labute approximate surface area is 152 Å². The number of rotatable bonds is 7. The number of nitrogens with zero attached hydrogens (tertiary/aromatic N) is 2. The highest BCUT2D eigenvalue weighted by atomic mass is 16.4. The number of piperidine rings is 1. The smallest absolute Gasteiger partial charge is 0.335 e. The molecule has 2 heterocycles. The summed E-state index contributed by atoms with van der Waals surface area (Å²) in [7, 11) is 0. The van der Waals surface area contributed by atoms with E-state index in [4.69, 9.17) is 26.2 Å². The number of pyridine rings is 1. The maximum Gasteiger partial charge on any atom is 0.335 e. The number of carboxylic acids is 2. The highest BCUT2D eigenvalue weighted by Crippen LogP contribution is 2.26. The molecule has 0 aliphatic carbocycles. The van der Waals surface area contributed by atoms with Crippen LogP contribution in [0.4, 0.5) is 0 Å². The van der Waals surface area contributed by atoms with Crippen molar-refractivity contribution in [3.8, 4) is 0 Å². The van der Waals surface area contributed by atoms with Gasteiger partial charge in [0, 0.05) is 17.8 Å². The third-order valence-corrected chi connectivity index (χ3v) is 4.18. The molecular formula is C17H27N3O6. The first-order chi connectivity index (χ1) is 12.4. The van der Waals surface area contributed by atoms with E-state index in [1.54, 1.807) is 0 Å². The van der Waals surface area contributed by atoms with Gasteiger partial charge in [0.05, 0.1) is 0 Å². The van der Waals surface area contributed by atoms with E-state index in [9.17, 15) is 9.59 Å². The number of carbonyl (C=O) groups is 2. The molecule has 1 aliphatic rings. The molecule has 0 radical (unpaired) electrons. The van der Waals surface area contributed by atoms with Crippen LogP contribution in [0.2, 0.25) is 0 Å². The van der Waals surface area contributed by atoms with Gasteiger partial charge < -0.3 is 31.1 Å². The van der Waals surface area contributed by atoms with Crippen molar-refractivity contribution in [3.63, 3.8) is 0 Å². The van der Waals surface area contributed by atoms with Gasteiger partial charge in [-0.05, 0) is 57.6 Å². The molecule has 0 aromatic carbocycles. The normalized spacial score (nSPS) is 17.7. The Hall–Kier alpha value is -2.07. The molecule has 6 N–H and O–H groups in total. The Balaban J connectivity index is 0.000000294. The molecule has 26 heavy (non-hydrogen) atoms. The van der Waals surface area contributed by atoms with Gasteiger partial charge in [0.2, 0.25) is 0 Å². The molecule has 2 atom stereocenters. The Kier molecular flexibility index (Phi) is 9.74. The number of aliphatic carboxylic acids is 2. The number of aliphatic hydroxyl groups excluding tert-OH is 2. The summed E-state index contributed by atoms with van der Waals surface area (Å²) in [6.07, 6.45) is 0.961. The zero-order valence-corrected chi connectivity index (χ0v) is 14.6. The van der Waals surface area contributed by atoms with E-state index >= 15 is 0 Å². The molecule has 0 spiro atoms. The summed E-state index contributed by atoms with van der Waals surface area (Å²) < 4.78 is 0. The Morgan fingerprint density at radius 1 is 1.15 bits per heavy atom. The molecule has 9 heteroatoms. The van der Waals surface area contributed by atoms with Gasteiger partial charge in [0.15, 0.2) is 12.2 Å². The quantitative estimate of drug-likeness (QED) is 0.427. The average Bonchev–Trinajstić information content (AvgIpc) is 2.66. The van der Waals surface area contributed by atoms with E-state index in [0.29, 0.717) is 5.92 Å². The Bertz CT molecular complexity index is 531. The van der Waals surface area contributed by atoms with Crippen LogP contribution in [-0.2, 0) is 9.59 Å². The fourth-order valence-corrected chi connectivity index (χ4v) is 2.65. The van der Waals surface area contributed by atoms with Crippen LogP contribution in [0.25, 0.3) is 0 Å². The van der Waals surface area contributed by atoms with Crippen LogP contribution >= 0.6 is 0 Å². The van der Waals surface area contributed by atoms with Crippen LogP contribution < -0.4 is 5.73 Å². The van der Waals surface area contributed by atoms with Crippen LogP contribution in [0.3, 0.4) is 0 Å². The van der Waals surface area contributed by atoms with Crippen LogP contribution in [0.5, 0.6) is 0 Å². The minimum Gasteiger partial charge on any atom is -0.479 e. The predicted molar refractivity (Wildman–Crippen MR) is 93.6 cm³/mol. The summed E-state index contributed by atoms with van der Waals surface area (Å²) in [4.78, 5) is 26.5. The standard InChI is InChI=1S/C13H21N3.C4H6O6/c14-7-3-9-16-10-5-12(6-11-16)13-4-1-2-8-15-13;5-1(3(7)8)2(6)4(9)10/h1-2,4,8,12H,3,5-7,9-11,14H2;1-2,5-6H,(H,7,8)(H,9,10). The molecule has 1 saturated heterocycles. The first-order valence-electron chi connectivity index (χ1n) is 8.52. The lowest BCUT2D eigenvalue weighted by atomic mass is 9.93. The van der Waals surface area contributed by atoms with E-state index in [-0.39, 0.29) is 0 Å². The van der Waals surface area contributed by atoms with Gasteiger partial charge in [-0.1, -0.05) is 6.07 Å². The monoisotopic (exact) mass is 369 g/mol. The summed E-state index contributed by atoms with van der Waals surface area (Å²) in [5.41, 5.74) is 6.79. The minimum atomic E-state index is -2.27. The molecule has 146 valence electrons. The number of aromatic nitrogens is 1. The zero-order valence-electron chi connectivity index (χ0n) is 14.6. The van der Waals surface area contributed by atoms with Crippen molar-refractivity contribution in [2.75, 3.05) is 26.2 Å². The molecule has 2 unspecified atom stereocenters. The average molecular weight is 369 g/mol. The first kappa shape index (κ1) is 22.0. The molecule has 1 aliphatic heterocycles. The lowest BCUT2D eigenvalue weighted by molar-refractivity contribution is -0.165. The molecule has 1 aromatic heterocycles. The second-order valence-electron chi connectivity index (χ2n) is 6.08. The van der Waals surface area contributed by atoms with Crippen LogP contribution in [0, 0.1) is 0 Å². The number of nitrogens with two attached hydrogens (primary N) is 1. The lowest BCUT2D eigenvalue weighted by Crippen LogP contribution is -2.39. The second-order valence-corrected chi connectivity index (χ2v) is 6.08. The van der Waals surface area contributed by atoms with E-state index in [1.165, 1.54) is 31.6 Å². The summed E-state index contributed by atoms with van der Waals surface area (Å²) in [5, 5.41) is 32.5. The van der Waals surface area contributed by atoms with E-state index in [2.05, 4.69) is 22.0 Å². The maximum atomic E-state index is 9.77. The van der Waals surface area contributed by atoms with Gasteiger partial charge in [-0.15, -0.1) is 0 Å². The van der Waals surface area contributed by atoms with Gasteiger partial charge in [0.25, 0.3) is 0 Å². The molecule has 2 rings (SSSR count). The van der Waals surface area contributed by atoms with Crippen molar-refractivity contribution in [3.05, 3.63) is 30.1 Å². The molecule has 0 amide bonds. The third-order valence-electron chi connectivity index (χ3n) is 4.18. The fourth-order valence-electron chi connectivity index (χ4n) is 2.65. The van der Waals surface area contributed by atoms with Gasteiger partial charge in [-0.3, -0.25) is 4.98 Å². The Morgan fingerprint density at radius 2 is 1.73 bits per heavy atom. The van der Waals surface area contributed by atoms with Crippen molar-refractivity contribution < 1.29 is 30.0 Å². The zero-order chi connectivity index (χ0) is 19.5. The predicted octanol–water partition coefficient (Wildman–Crippen LogP) is -0.513. The topological polar surface area (TPSA) is 157 Å². The summed E-state index contributed by atoms with van der Waals surface area (Å²) in [5.74, 6) is -2.87. The Morgan fingerprint density at radius 3 is 2.15 bits per heavy atom. The van der Waals surface area contributed by atoms with Crippen molar-refractivity contribution in [2.24, 2.45) is 5.73 Å². The molecule has 0 bridgehead atoms. The van der Waals surface area contributed by atoms with Crippen molar-refractivity contribution in [2.45, 2.75) is 37.4 Å². The lowest BCUT2D eigenvalue weighted by Gasteiger charge is -2.31. The van der Waals surface area contributed by atoms with Crippen LogP contribution in [-0.4, -0.2) is 80.6 Å². The molecule has 0 saturated carbocycles. The highest BCUT2D eigenvalue weighted by Gasteiger charge is 2.29. The number of hydrogen-bond acceptors (Lipinski definition) is 7. The van der Waals surface area contributed by atoms with Crippen molar-refractivity contribution >= 4 is 11.9 Å². The van der Waals surface area contributed by atoms with Gasteiger partial charge in [-0.2, -0.15) is 0 Å². The number of likely N-dealkylation sites (tertiary alicyclic amines) is 1. The van der Waals surface area contributed by atoms with Crippen molar-refractivity contribution in [1.29, 1.82) is 0 Å². The summed E-state index contributed by atoms with van der Waals surface area (Å²) in [6.45, 7) is 4.36. The van der Waals surface area contributed by atoms with Gasteiger partial charge >= 0.3 is 11.9 Å². The second kappa shape index (κ2) is 11.5. The van der Waals surface area contributed by atoms with Crippen LogP contribution in [0.1, 0.15) is 30.9 Å². The SMILES string of the molecule is NCCCN1CCC(c2ccccn2)CC1.O=C(O)C(O)C(O)C(=O)O. The molecule has 9 nitrogen and oxygen atoms in total. The molecule has 1 aromatic rings. The minimum absolute atomic E-state index is 0.662. The van der Waals surface area contributed by atoms with Crippen LogP contribution in [0.15, 0.2) is 24.4 Å². The summed E-state index contributed by atoms with van der Waals surface area (Å²) >= 11 is 0. The first-order valence-corrected chi connectivity index (χ1v) is 8.52. The largest absolute Gasteiger partial charge is 0.479 e. The number of aliphatic hydroxyl groups is 2. The number of hydrogen-bond donors (Lipinski definition) is 5. The highest BCUT2D eigenvalue weighted by molar-refractivity contribution is 5.83. The fraction of sp³-hybridized carbons (Fsp3) is 0.588. The third kappa shape index (κ3) is 7.44. The van der Waals surface area contributed by atoms with E-state index in [0.717, 1.165) is 19.5 Å². The van der Waals surface area contributed by atoms with Gasteiger partial charge in [-0.25, -0.2) is 9.59 Å². The van der Waals surface area contributed by atoms with Crippen molar-refractivity contribution in [1.82, 2.24) is 9.88 Å². The molecular weight excluding hydrogens is 342 g/mol. The number of carboxylic acid groups (broad SMARTS) is 2. The van der Waals surface area contributed by atoms with E-state index < -0.39 is 24.1 Å². The molecule has 1 fully saturated rings. The maximum absolute atomic E-state index is 9.77. The van der Waals surface area contributed by atoms with E-state index in [1.807, 2.05) is 12.3 Å². The van der Waals surface area contributed by atoms with Gasteiger partial charge in [0.1, 0.15) is 0 Å². The summed E-state index contributed by atoms with van der Waals surface area (Å²) in [6, 6.07) is 6.23.